The summed E-state index contributed by atoms with van der Waals surface area (Å²) in [5.41, 5.74) is 7.54. The number of carbonyl (C=O) groups excluding carboxylic acids is 1. The molecule has 0 spiro atoms. The Bertz CT molecular complexity index is 1150. The molecule has 2 aliphatic rings. The van der Waals surface area contributed by atoms with Gasteiger partial charge < -0.3 is 10.4 Å². The third-order valence-electron chi connectivity index (χ3n) is 6.75. The minimum atomic E-state index is -0.548. The first-order chi connectivity index (χ1) is 14.6. The molecule has 150 valence electrons. The average Bonchev–Trinajstić information content (AvgIpc) is 3.34. The Hall–Kier alpha value is -3.17. The molecule has 3 aromatic rings. The molecule has 1 amide bonds. The van der Waals surface area contributed by atoms with Crippen molar-refractivity contribution in [2.75, 3.05) is 7.05 Å². The van der Waals surface area contributed by atoms with Gasteiger partial charge in [-0.15, -0.1) is 0 Å². The smallest absolute Gasteiger partial charge is 0.251 e. The van der Waals surface area contributed by atoms with Crippen LogP contribution in [0.15, 0.2) is 78.4 Å². The summed E-state index contributed by atoms with van der Waals surface area (Å²) in [4.78, 5) is 11.9. The number of amides is 1. The molecule has 0 heterocycles. The Labute approximate surface area is 177 Å². The largest absolute Gasteiger partial charge is 0.387 e. The predicted octanol–water partition coefficient (Wildman–Crippen LogP) is 4.50. The Balaban J connectivity index is 1.55. The fourth-order valence-corrected chi connectivity index (χ4v) is 5.14. The highest BCUT2D eigenvalue weighted by Gasteiger charge is 2.48. The highest BCUT2D eigenvalue weighted by atomic mass is 16.3. The minimum Gasteiger partial charge on any atom is -0.387 e. The molecule has 0 aromatic heterocycles. The molecule has 0 radical (unpaired) electrons. The number of fused-ring (bicyclic) bond motifs is 2. The van der Waals surface area contributed by atoms with Crippen molar-refractivity contribution in [2.45, 2.75) is 25.4 Å². The van der Waals surface area contributed by atoms with Crippen LogP contribution in [0.3, 0.4) is 0 Å². The number of hydrogen-bond donors (Lipinski definition) is 2. The second kappa shape index (κ2) is 7.26. The van der Waals surface area contributed by atoms with E-state index in [2.05, 4.69) is 53.9 Å². The standard InChI is InChI=1S/C27H25NO2/c1-28-26(30)19-12-10-18(11-13-19)16-27(17-22-8-4-5-9-24(22)25(27)29)23-14-20-6-2-3-7-21(20)15-23/h2-14,25,29H,15-17H2,1H3,(H,28,30)/t25-,27+/m1/s1. The van der Waals surface area contributed by atoms with Crippen molar-refractivity contribution in [3.63, 3.8) is 0 Å². The summed E-state index contributed by atoms with van der Waals surface area (Å²) >= 11 is 0. The fourth-order valence-electron chi connectivity index (χ4n) is 5.14. The topological polar surface area (TPSA) is 49.3 Å². The number of carbonyl (C=O) groups is 1. The molecule has 30 heavy (non-hydrogen) atoms. The number of rotatable bonds is 4. The van der Waals surface area contributed by atoms with Gasteiger partial charge in [0.1, 0.15) is 0 Å². The molecule has 2 N–H and O–H groups in total. The highest BCUT2D eigenvalue weighted by Crippen LogP contribution is 2.54. The van der Waals surface area contributed by atoms with E-state index in [0.717, 1.165) is 30.4 Å². The molecule has 0 bridgehead atoms. The maximum absolute atomic E-state index is 11.9. The zero-order chi connectivity index (χ0) is 20.7. The van der Waals surface area contributed by atoms with E-state index in [4.69, 9.17) is 0 Å². The first-order valence-corrected chi connectivity index (χ1v) is 10.5. The summed E-state index contributed by atoms with van der Waals surface area (Å²) in [5.74, 6) is -0.0847. The molecule has 3 heteroatoms. The molecule has 2 atom stereocenters. The zero-order valence-corrected chi connectivity index (χ0v) is 17.1. The van der Waals surface area contributed by atoms with Gasteiger partial charge in [-0.05, 0) is 59.2 Å². The van der Waals surface area contributed by atoms with Crippen molar-refractivity contribution in [1.29, 1.82) is 0 Å². The monoisotopic (exact) mass is 395 g/mol. The normalized spacial score (nSPS) is 21.7. The molecule has 2 aliphatic carbocycles. The van der Waals surface area contributed by atoms with Crippen molar-refractivity contribution in [3.05, 3.63) is 112 Å². The molecule has 0 fully saturated rings. The maximum Gasteiger partial charge on any atom is 0.251 e. The Morgan fingerprint density at radius 2 is 1.70 bits per heavy atom. The van der Waals surface area contributed by atoms with Crippen LogP contribution >= 0.6 is 0 Å². The lowest BCUT2D eigenvalue weighted by Crippen LogP contribution is -2.31. The van der Waals surface area contributed by atoms with Gasteiger partial charge in [-0.3, -0.25) is 4.79 Å². The maximum atomic E-state index is 11.9. The zero-order valence-electron chi connectivity index (χ0n) is 17.1. The SMILES string of the molecule is CNC(=O)c1ccc(C[C@@]2(C3=Cc4ccccc4C3)Cc3ccccc3[C@H]2O)cc1. The third-order valence-corrected chi connectivity index (χ3v) is 6.75. The van der Waals surface area contributed by atoms with E-state index in [1.807, 2.05) is 30.3 Å². The molecule has 3 aromatic carbocycles. The Morgan fingerprint density at radius 3 is 2.40 bits per heavy atom. The molecule has 5 rings (SSSR count). The summed E-state index contributed by atoms with van der Waals surface area (Å²) in [6.07, 6.45) is 4.16. The van der Waals surface area contributed by atoms with Crippen LogP contribution in [-0.4, -0.2) is 18.1 Å². The van der Waals surface area contributed by atoms with Crippen molar-refractivity contribution < 1.29 is 9.90 Å². The summed E-state index contributed by atoms with van der Waals surface area (Å²) in [6.45, 7) is 0. The number of benzene rings is 3. The molecule has 0 saturated carbocycles. The first-order valence-electron chi connectivity index (χ1n) is 10.5. The van der Waals surface area contributed by atoms with Gasteiger partial charge >= 0.3 is 0 Å². The van der Waals surface area contributed by atoms with Crippen LogP contribution in [0.4, 0.5) is 0 Å². The number of aliphatic hydroxyl groups excluding tert-OH is 1. The average molecular weight is 396 g/mol. The van der Waals surface area contributed by atoms with Gasteiger partial charge in [-0.1, -0.05) is 72.3 Å². The van der Waals surface area contributed by atoms with Gasteiger partial charge in [0.15, 0.2) is 0 Å². The van der Waals surface area contributed by atoms with E-state index in [9.17, 15) is 9.90 Å². The minimum absolute atomic E-state index is 0.0847. The quantitative estimate of drug-likeness (QED) is 0.683. The van der Waals surface area contributed by atoms with E-state index in [-0.39, 0.29) is 11.3 Å². The van der Waals surface area contributed by atoms with Crippen molar-refractivity contribution >= 4 is 12.0 Å². The van der Waals surface area contributed by atoms with Gasteiger partial charge in [0.25, 0.3) is 5.91 Å². The van der Waals surface area contributed by atoms with Crippen LogP contribution in [0.2, 0.25) is 0 Å². The number of nitrogens with one attached hydrogen (secondary N) is 1. The lowest BCUT2D eigenvalue weighted by Gasteiger charge is -2.35. The van der Waals surface area contributed by atoms with Crippen LogP contribution < -0.4 is 5.32 Å². The summed E-state index contributed by atoms with van der Waals surface area (Å²) < 4.78 is 0. The van der Waals surface area contributed by atoms with Crippen molar-refractivity contribution in [1.82, 2.24) is 5.32 Å². The lowest BCUT2D eigenvalue weighted by molar-refractivity contribution is 0.0651. The first kappa shape index (κ1) is 18.8. The van der Waals surface area contributed by atoms with Gasteiger partial charge in [-0.2, -0.15) is 0 Å². The van der Waals surface area contributed by atoms with E-state index in [1.165, 1.54) is 22.3 Å². The van der Waals surface area contributed by atoms with Gasteiger partial charge in [0, 0.05) is 18.0 Å². The predicted molar refractivity (Wildman–Crippen MR) is 119 cm³/mol. The molecule has 3 nitrogen and oxygen atoms in total. The van der Waals surface area contributed by atoms with Crippen LogP contribution in [0.5, 0.6) is 0 Å². The second-order valence-corrected chi connectivity index (χ2v) is 8.43. The molecular weight excluding hydrogens is 370 g/mol. The van der Waals surface area contributed by atoms with Crippen LogP contribution in [0, 0.1) is 5.41 Å². The Morgan fingerprint density at radius 1 is 1.00 bits per heavy atom. The van der Waals surface area contributed by atoms with Crippen LogP contribution in [0.25, 0.3) is 6.08 Å². The van der Waals surface area contributed by atoms with Crippen LogP contribution in [-0.2, 0) is 19.3 Å². The highest BCUT2D eigenvalue weighted by molar-refractivity contribution is 5.93. The lowest BCUT2D eigenvalue weighted by atomic mass is 9.70. The summed E-state index contributed by atoms with van der Waals surface area (Å²) in [5, 5.41) is 14.2. The number of hydrogen-bond acceptors (Lipinski definition) is 2. The summed E-state index contributed by atoms with van der Waals surface area (Å²) in [6, 6.07) is 24.5. The van der Waals surface area contributed by atoms with Gasteiger partial charge in [0.2, 0.25) is 0 Å². The molecule has 0 aliphatic heterocycles. The van der Waals surface area contributed by atoms with E-state index in [1.54, 1.807) is 7.05 Å². The van der Waals surface area contributed by atoms with Crippen LogP contribution in [0.1, 0.15) is 44.3 Å². The van der Waals surface area contributed by atoms with Gasteiger partial charge in [-0.25, -0.2) is 0 Å². The van der Waals surface area contributed by atoms with E-state index >= 15 is 0 Å². The summed E-state index contributed by atoms with van der Waals surface area (Å²) in [7, 11) is 1.64. The third kappa shape index (κ3) is 2.98. The Kier molecular flexibility index (Phi) is 4.56. The second-order valence-electron chi connectivity index (χ2n) is 8.43. The van der Waals surface area contributed by atoms with E-state index < -0.39 is 6.10 Å². The molecule has 0 saturated heterocycles. The molecular formula is C27H25NO2. The van der Waals surface area contributed by atoms with Crippen molar-refractivity contribution in [3.8, 4) is 0 Å². The fraction of sp³-hybridized carbons (Fsp3) is 0.222. The molecule has 0 unspecified atom stereocenters. The van der Waals surface area contributed by atoms with Crippen molar-refractivity contribution in [2.24, 2.45) is 5.41 Å². The number of aliphatic hydroxyl groups is 1. The van der Waals surface area contributed by atoms with Gasteiger partial charge in [0.05, 0.1) is 6.10 Å². The van der Waals surface area contributed by atoms with E-state index in [0.29, 0.717) is 5.56 Å².